The summed E-state index contributed by atoms with van der Waals surface area (Å²) in [5, 5.41) is 6.40. The van der Waals surface area contributed by atoms with Crippen LogP contribution in [0.2, 0.25) is 0 Å². The average molecular weight is 284 g/mol. The van der Waals surface area contributed by atoms with Crippen LogP contribution >= 0.6 is 0 Å². The summed E-state index contributed by atoms with van der Waals surface area (Å²) in [4.78, 5) is 0. The lowest BCUT2D eigenvalue weighted by Crippen LogP contribution is -2.30. The standard InChI is InChI=1S/C15H19F3N2/c1-2-3-4-5-6-7-12-8-10-13(11-9-12)14(19-20-14)15(16,17)18/h8-11H,2-7H2,1H3. The molecule has 0 amide bonds. The highest BCUT2D eigenvalue weighted by molar-refractivity contribution is 5.32. The Hall–Kier alpha value is -1.39. The highest BCUT2D eigenvalue weighted by Crippen LogP contribution is 2.52. The zero-order valence-electron chi connectivity index (χ0n) is 11.6. The number of hydrogen-bond donors (Lipinski definition) is 0. The van der Waals surface area contributed by atoms with E-state index in [0.29, 0.717) is 0 Å². The van der Waals surface area contributed by atoms with E-state index in [1.54, 1.807) is 12.1 Å². The molecule has 0 bridgehead atoms. The molecule has 1 aromatic carbocycles. The monoisotopic (exact) mass is 284 g/mol. The molecule has 0 fully saturated rings. The van der Waals surface area contributed by atoms with Gasteiger partial charge in [-0.1, -0.05) is 56.9 Å². The molecule has 0 saturated heterocycles. The van der Waals surface area contributed by atoms with E-state index in [-0.39, 0.29) is 5.56 Å². The highest BCUT2D eigenvalue weighted by atomic mass is 19.4. The molecular formula is C15H19F3N2. The fourth-order valence-corrected chi connectivity index (χ4v) is 2.28. The van der Waals surface area contributed by atoms with Gasteiger partial charge in [-0.3, -0.25) is 0 Å². The molecular weight excluding hydrogens is 265 g/mol. The van der Waals surface area contributed by atoms with Gasteiger partial charge in [-0.05, 0) is 18.4 Å². The molecule has 0 atom stereocenters. The number of nitrogens with zero attached hydrogens (tertiary/aromatic N) is 2. The van der Waals surface area contributed by atoms with Crippen LogP contribution in [-0.2, 0) is 12.1 Å². The predicted octanol–water partition coefficient (Wildman–Crippen LogP) is 5.38. The first-order chi connectivity index (χ1) is 9.49. The van der Waals surface area contributed by atoms with Crippen LogP contribution in [0, 0.1) is 0 Å². The van der Waals surface area contributed by atoms with Gasteiger partial charge in [0.05, 0.1) is 0 Å². The van der Waals surface area contributed by atoms with Gasteiger partial charge in [0.2, 0.25) is 0 Å². The summed E-state index contributed by atoms with van der Waals surface area (Å²) in [6, 6.07) is 6.50. The van der Waals surface area contributed by atoms with Crippen molar-refractivity contribution in [3.05, 3.63) is 35.4 Å². The average Bonchev–Trinajstić information content (AvgIpc) is 3.20. The predicted molar refractivity (Wildman–Crippen MR) is 71.5 cm³/mol. The maximum Gasteiger partial charge on any atom is 0.442 e. The summed E-state index contributed by atoms with van der Waals surface area (Å²) >= 11 is 0. The van der Waals surface area contributed by atoms with Gasteiger partial charge < -0.3 is 0 Å². The Morgan fingerprint density at radius 3 is 2.05 bits per heavy atom. The minimum atomic E-state index is -4.44. The Morgan fingerprint density at radius 1 is 0.950 bits per heavy atom. The molecule has 0 aromatic heterocycles. The SMILES string of the molecule is CCCCCCCc1ccc(C2(C(F)(F)F)N=N2)cc1. The molecule has 0 radical (unpaired) electrons. The second-order valence-corrected chi connectivity index (χ2v) is 5.23. The van der Waals surface area contributed by atoms with Crippen LogP contribution in [-0.4, -0.2) is 6.18 Å². The molecule has 0 saturated carbocycles. The quantitative estimate of drug-likeness (QED) is 0.600. The van der Waals surface area contributed by atoms with Crippen molar-refractivity contribution in [2.75, 3.05) is 0 Å². The number of hydrogen-bond acceptors (Lipinski definition) is 2. The van der Waals surface area contributed by atoms with E-state index in [0.717, 1.165) is 18.4 Å². The number of unbranched alkanes of at least 4 members (excludes halogenated alkanes) is 4. The van der Waals surface area contributed by atoms with Crippen molar-refractivity contribution in [2.24, 2.45) is 10.2 Å². The van der Waals surface area contributed by atoms with Crippen molar-refractivity contribution < 1.29 is 13.2 Å². The normalized spacial score (nSPS) is 16.4. The fourth-order valence-electron chi connectivity index (χ4n) is 2.28. The van der Waals surface area contributed by atoms with Crippen molar-refractivity contribution in [1.82, 2.24) is 0 Å². The van der Waals surface area contributed by atoms with Crippen LogP contribution < -0.4 is 0 Å². The summed E-state index contributed by atoms with van der Waals surface area (Å²) in [5.74, 6) is 0. The van der Waals surface area contributed by atoms with E-state index in [2.05, 4.69) is 17.2 Å². The molecule has 5 heteroatoms. The molecule has 110 valence electrons. The zero-order chi connectivity index (χ0) is 14.6. The van der Waals surface area contributed by atoms with Gasteiger partial charge in [0, 0.05) is 5.56 Å². The maximum absolute atomic E-state index is 12.8. The van der Waals surface area contributed by atoms with E-state index in [4.69, 9.17) is 0 Å². The summed E-state index contributed by atoms with van der Waals surface area (Å²) < 4.78 is 38.4. The lowest BCUT2D eigenvalue weighted by molar-refractivity contribution is -0.166. The third-order valence-electron chi connectivity index (χ3n) is 3.62. The molecule has 1 aliphatic heterocycles. The number of aryl methyl sites for hydroxylation is 1. The highest BCUT2D eigenvalue weighted by Gasteiger charge is 2.65. The van der Waals surface area contributed by atoms with Gasteiger partial charge in [0.1, 0.15) is 0 Å². The minimum absolute atomic E-state index is 0.111. The van der Waals surface area contributed by atoms with E-state index < -0.39 is 11.8 Å². The lowest BCUT2D eigenvalue weighted by Gasteiger charge is -2.15. The van der Waals surface area contributed by atoms with Gasteiger partial charge in [0.15, 0.2) is 0 Å². The van der Waals surface area contributed by atoms with Crippen molar-refractivity contribution in [1.29, 1.82) is 0 Å². The van der Waals surface area contributed by atoms with Crippen LogP contribution in [0.1, 0.15) is 50.2 Å². The van der Waals surface area contributed by atoms with E-state index >= 15 is 0 Å². The molecule has 0 aliphatic carbocycles. The van der Waals surface area contributed by atoms with Gasteiger partial charge >= 0.3 is 11.8 Å². The van der Waals surface area contributed by atoms with Crippen LogP contribution in [0.4, 0.5) is 13.2 Å². The Labute approximate surface area is 117 Å². The van der Waals surface area contributed by atoms with Crippen LogP contribution in [0.15, 0.2) is 34.5 Å². The Balaban J connectivity index is 1.88. The van der Waals surface area contributed by atoms with Crippen molar-refractivity contribution in [3.63, 3.8) is 0 Å². The molecule has 0 unspecified atom stereocenters. The lowest BCUT2D eigenvalue weighted by atomic mass is 9.99. The molecule has 1 aliphatic rings. The van der Waals surface area contributed by atoms with Crippen molar-refractivity contribution in [3.8, 4) is 0 Å². The van der Waals surface area contributed by atoms with E-state index in [1.165, 1.54) is 37.8 Å². The third kappa shape index (κ3) is 3.19. The minimum Gasteiger partial charge on any atom is -0.166 e. The van der Waals surface area contributed by atoms with E-state index in [1.807, 2.05) is 0 Å². The second kappa shape index (κ2) is 5.94. The molecule has 1 aromatic rings. The van der Waals surface area contributed by atoms with Crippen molar-refractivity contribution >= 4 is 0 Å². The smallest absolute Gasteiger partial charge is 0.166 e. The number of halogens is 3. The first-order valence-electron chi connectivity index (χ1n) is 7.10. The van der Waals surface area contributed by atoms with Crippen LogP contribution in [0.25, 0.3) is 0 Å². The van der Waals surface area contributed by atoms with Gasteiger partial charge in [-0.2, -0.15) is 13.2 Å². The first kappa shape index (κ1) is 15.0. The third-order valence-corrected chi connectivity index (χ3v) is 3.62. The van der Waals surface area contributed by atoms with Gasteiger partial charge in [0.25, 0.3) is 0 Å². The first-order valence-corrected chi connectivity index (χ1v) is 7.10. The van der Waals surface area contributed by atoms with Gasteiger partial charge in [-0.25, -0.2) is 0 Å². The largest absolute Gasteiger partial charge is 0.442 e. The molecule has 0 N–H and O–H groups in total. The fraction of sp³-hybridized carbons (Fsp3) is 0.600. The number of rotatable bonds is 7. The second-order valence-electron chi connectivity index (χ2n) is 5.23. The Kier molecular flexibility index (Phi) is 4.45. The molecule has 20 heavy (non-hydrogen) atoms. The Morgan fingerprint density at radius 2 is 1.55 bits per heavy atom. The summed E-state index contributed by atoms with van der Waals surface area (Å²) in [5.41, 5.74) is -1.10. The maximum atomic E-state index is 12.8. The van der Waals surface area contributed by atoms with Crippen molar-refractivity contribution in [2.45, 2.75) is 57.3 Å². The van der Waals surface area contributed by atoms with Crippen LogP contribution in [0.5, 0.6) is 0 Å². The molecule has 1 heterocycles. The Bertz CT molecular complexity index is 457. The van der Waals surface area contributed by atoms with Crippen LogP contribution in [0.3, 0.4) is 0 Å². The van der Waals surface area contributed by atoms with E-state index in [9.17, 15) is 13.2 Å². The number of alkyl halides is 3. The summed E-state index contributed by atoms with van der Waals surface area (Å²) in [6.45, 7) is 2.17. The zero-order valence-corrected chi connectivity index (χ0v) is 11.6. The molecule has 2 rings (SSSR count). The number of benzene rings is 1. The summed E-state index contributed by atoms with van der Waals surface area (Å²) in [6.07, 6.45) is 2.41. The van der Waals surface area contributed by atoms with Gasteiger partial charge in [-0.15, -0.1) is 10.2 Å². The molecule has 0 spiro atoms. The summed E-state index contributed by atoms with van der Waals surface area (Å²) in [7, 11) is 0. The topological polar surface area (TPSA) is 24.7 Å². The molecule has 2 nitrogen and oxygen atoms in total.